The van der Waals surface area contributed by atoms with Crippen LogP contribution in [0.3, 0.4) is 0 Å². The Morgan fingerprint density at radius 1 is 0.958 bits per heavy atom. The third kappa shape index (κ3) is 2.02. The topological polar surface area (TPSA) is 73.1 Å². The zero-order chi connectivity index (χ0) is 17.2. The van der Waals surface area contributed by atoms with Crippen LogP contribution in [0, 0.1) is 34.5 Å². The molecule has 4 saturated carbocycles. The van der Waals surface area contributed by atoms with Gasteiger partial charge in [-0.2, -0.15) is 0 Å². The molecule has 0 aromatic carbocycles. The monoisotopic (exact) mass is 335 g/mol. The molecule has 0 amide bonds. The van der Waals surface area contributed by atoms with Gasteiger partial charge in [-0.05, 0) is 81.0 Å². The quantitative estimate of drug-likeness (QED) is 0.389. The summed E-state index contributed by atoms with van der Waals surface area (Å²) in [7, 11) is 0. The number of rotatable bonds is 1. The maximum Gasteiger partial charge on any atom is 0.0738 e. The second-order valence-electron chi connectivity index (χ2n) is 9.71. The Balaban J connectivity index is 1.66. The van der Waals surface area contributed by atoms with Crippen LogP contribution in [0.15, 0.2) is 5.16 Å². The molecule has 0 radical (unpaired) electrons. The van der Waals surface area contributed by atoms with Gasteiger partial charge >= 0.3 is 0 Å². The lowest BCUT2D eigenvalue weighted by Crippen LogP contribution is -2.62. The summed E-state index contributed by atoms with van der Waals surface area (Å²) in [6.45, 7) is 4.66. The lowest BCUT2D eigenvalue weighted by atomic mass is 9.43. The molecule has 4 fully saturated rings. The molecule has 0 spiro atoms. The molecule has 1 unspecified atom stereocenters. The van der Waals surface area contributed by atoms with Gasteiger partial charge in [0, 0.05) is 17.5 Å². The summed E-state index contributed by atoms with van der Waals surface area (Å²) in [5.74, 6) is 1.75. The average molecular weight is 335 g/mol. The van der Waals surface area contributed by atoms with Crippen molar-refractivity contribution in [2.24, 2.45) is 39.7 Å². The standard InChI is InChI=1S/C20H33NO3/c1-18-8-6-15(22)11-13(18)3-4-17-16(18)7-9-19(2)14(12-21-24)5-10-20(17,19)23/h12-17,22-24H,3-11H2,1-2H3/t13-,14?,15+,16+,17-,18+,19-,20+/m1/s1. The molecule has 0 aromatic rings. The Hall–Kier alpha value is -0.610. The van der Waals surface area contributed by atoms with Crippen molar-refractivity contribution >= 4 is 6.21 Å². The van der Waals surface area contributed by atoms with Crippen LogP contribution >= 0.6 is 0 Å². The first-order valence-corrected chi connectivity index (χ1v) is 9.93. The minimum absolute atomic E-state index is 0.117. The van der Waals surface area contributed by atoms with Crippen LogP contribution in [-0.2, 0) is 0 Å². The SMILES string of the molecule is C[C@]12CC[C@H](O)C[C@H]1CC[C@@H]1[C@@H]2CC[C@]2(C)C(C=NO)CC[C@]12O. The predicted molar refractivity (Wildman–Crippen MR) is 93.0 cm³/mol. The molecule has 4 aliphatic carbocycles. The van der Waals surface area contributed by atoms with Gasteiger partial charge in [0.05, 0.1) is 11.7 Å². The molecule has 0 bridgehead atoms. The minimum Gasteiger partial charge on any atom is -0.411 e. The van der Waals surface area contributed by atoms with E-state index in [2.05, 4.69) is 19.0 Å². The summed E-state index contributed by atoms with van der Waals surface area (Å²) in [6.07, 6.45) is 10.7. The van der Waals surface area contributed by atoms with Crippen molar-refractivity contribution in [3.05, 3.63) is 0 Å². The first-order valence-electron chi connectivity index (χ1n) is 9.93. The molecule has 4 heteroatoms. The van der Waals surface area contributed by atoms with E-state index < -0.39 is 5.60 Å². The molecule has 4 rings (SSSR count). The highest BCUT2D eigenvalue weighted by molar-refractivity contribution is 5.62. The van der Waals surface area contributed by atoms with Crippen molar-refractivity contribution in [2.75, 3.05) is 0 Å². The third-order valence-electron chi connectivity index (χ3n) is 9.14. The van der Waals surface area contributed by atoms with Gasteiger partial charge in [0.1, 0.15) is 0 Å². The Morgan fingerprint density at radius 2 is 1.75 bits per heavy atom. The highest BCUT2D eigenvalue weighted by Crippen LogP contribution is 2.68. The Kier molecular flexibility index (Phi) is 3.82. The summed E-state index contributed by atoms with van der Waals surface area (Å²) < 4.78 is 0. The fourth-order valence-corrected chi connectivity index (χ4v) is 7.56. The van der Waals surface area contributed by atoms with Crippen LogP contribution < -0.4 is 0 Å². The summed E-state index contributed by atoms with van der Waals surface area (Å²) >= 11 is 0. The van der Waals surface area contributed by atoms with E-state index >= 15 is 0 Å². The maximum absolute atomic E-state index is 11.8. The van der Waals surface area contributed by atoms with E-state index in [-0.39, 0.29) is 22.9 Å². The lowest BCUT2D eigenvalue weighted by Gasteiger charge is -2.63. The van der Waals surface area contributed by atoms with Crippen molar-refractivity contribution in [3.63, 3.8) is 0 Å². The van der Waals surface area contributed by atoms with Crippen molar-refractivity contribution in [3.8, 4) is 0 Å². The van der Waals surface area contributed by atoms with Gasteiger partial charge in [-0.3, -0.25) is 0 Å². The van der Waals surface area contributed by atoms with Crippen LogP contribution in [0.5, 0.6) is 0 Å². The second kappa shape index (κ2) is 5.44. The molecule has 0 aromatic heterocycles. The molecule has 8 atom stereocenters. The fraction of sp³-hybridized carbons (Fsp3) is 0.950. The average Bonchev–Trinajstić information content (AvgIpc) is 2.81. The molecule has 0 heterocycles. The summed E-state index contributed by atoms with van der Waals surface area (Å²) in [5, 5.41) is 34.3. The summed E-state index contributed by atoms with van der Waals surface area (Å²) in [6, 6.07) is 0. The van der Waals surface area contributed by atoms with Gasteiger partial charge in [-0.15, -0.1) is 5.16 Å². The van der Waals surface area contributed by atoms with E-state index in [0.29, 0.717) is 17.8 Å². The number of hydrogen-bond acceptors (Lipinski definition) is 4. The maximum atomic E-state index is 11.8. The van der Waals surface area contributed by atoms with Crippen LogP contribution in [0.2, 0.25) is 0 Å². The number of fused-ring (bicyclic) bond motifs is 5. The van der Waals surface area contributed by atoms with Gasteiger partial charge in [-0.25, -0.2) is 0 Å². The largest absolute Gasteiger partial charge is 0.411 e. The number of nitrogens with zero attached hydrogens (tertiary/aromatic N) is 1. The Bertz CT molecular complexity index is 537. The van der Waals surface area contributed by atoms with Crippen LogP contribution in [0.25, 0.3) is 0 Å². The molecular formula is C20H33NO3. The zero-order valence-electron chi connectivity index (χ0n) is 15.1. The first-order chi connectivity index (χ1) is 11.3. The number of oxime groups is 1. The fourth-order valence-electron chi connectivity index (χ4n) is 7.56. The molecule has 136 valence electrons. The molecule has 0 saturated heterocycles. The molecule has 24 heavy (non-hydrogen) atoms. The van der Waals surface area contributed by atoms with E-state index in [1.807, 2.05) is 0 Å². The van der Waals surface area contributed by atoms with Gasteiger partial charge in [0.15, 0.2) is 0 Å². The highest BCUT2D eigenvalue weighted by Gasteiger charge is 2.66. The van der Waals surface area contributed by atoms with E-state index in [1.165, 1.54) is 6.42 Å². The lowest BCUT2D eigenvalue weighted by molar-refractivity contribution is -0.206. The number of aliphatic hydroxyl groups is 2. The van der Waals surface area contributed by atoms with Crippen molar-refractivity contribution in [2.45, 2.75) is 83.3 Å². The van der Waals surface area contributed by atoms with Gasteiger partial charge in [0.2, 0.25) is 0 Å². The number of hydrogen-bond donors (Lipinski definition) is 3. The summed E-state index contributed by atoms with van der Waals surface area (Å²) in [5.41, 5.74) is -0.494. The van der Waals surface area contributed by atoms with Crippen molar-refractivity contribution in [1.82, 2.24) is 0 Å². The van der Waals surface area contributed by atoms with E-state index in [4.69, 9.17) is 5.21 Å². The predicted octanol–water partition coefficient (Wildman–Crippen LogP) is 3.58. The normalized spacial score (nSPS) is 57.4. The molecule has 0 aliphatic heterocycles. The van der Waals surface area contributed by atoms with Crippen LogP contribution in [-0.4, -0.2) is 33.3 Å². The zero-order valence-corrected chi connectivity index (χ0v) is 15.1. The van der Waals surface area contributed by atoms with Crippen molar-refractivity contribution < 1.29 is 15.4 Å². The first kappa shape index (κ1) is 16.8. The molecule has 3 N–H and O–H groups in total. The Morgan fingerprint density at radius 3 is 2.50 bits per heavy atom. The smallest absolute Gasteiger partial charge is 0.0738 e. The van der Waals surface area contributed by atoms with Gasteiger partial charge in [-0.1, -0.05) is 13.8 Å². The number of aliphatic hydroxyl groups excluding tert-OH is 1. The van der Waals surface area contributed by atoms with Crippen LogP contribution in [0.4, 0.5) is 0 Å². The van der Waals surface area contributed by atoms with Crippen LogP contribution in [0.1, 0.15) is 71.6 Å². The molecule has 4 aliphatic rings. The highest BCUT2D eigenvalue weighted by atomic mass is 16.4. The minimum atomic E-state index is -0.619. The van der Waals surface area contributed by atoms with E-state index in [0.717, 1.165) is 51.4 Å². The van der Waals surface area contributed by atoms with Gasteiger partial charge in [0.25, 0.3) is 0 Å². The van der Waals surface area contributed by atoms with E-state index in [1.54, 1.807) is 6.21 Å². The molecular weight excluding hydrogens is 302 g/mol. The summed E-state index contributed by atoms with van der Waals surface area (Å²) in [4.78, 5) is 0. The van der Waals surface area contributed by atoms with Gasteiger partial charge < -0.3 is 15.4 Å². The second-order valence-corrected chi connectivity index (χ2v) is 9.71. The van der Waals surface area contributed by atoms with E-state index in [9.17, 15) is 10.2 Å². The third-order valence-corrected chi connectivity index (χ3v) is 9.14. The molecule has 4 nitrogen and oxygen atoms in total. The Labute approximate surface area is 145 Å². The van der Waals surface area contributed by atoms with Crippen molar-refractivity contribution in [1.29, 1.82) is 0 Å².